The van der Waals surface area contributed by atoms with Gasteiger partial charge in [-0.25, -0.2) is 4.98 Å². The van der Waals surface area contributed by atoms with Crippen molar-refractivity contribution in [3.05, 3.63) is 11.6 Å². The molecule has 2 aromatic rings. The summed E-state index contributed by atoms with van der Waals surface area (Å²) in [5.41, 5.74) is 0.851. The van der Waals surface area contributed by atoms with Crippen molar-refractivity contribution in [3.8, 4) is 0 Å². The van der Waals surface area contributed by atoms with E-state index in [9.17, 15) is 20.4 Å². The minimum absolute atomic E-state index is 0.0205. The standard InChI is InChI=1S/C15H20ClN5O5/c16-15-18-12(20-3-1-7(23)2-4-20)9-13(19-15)21(6-17-9)14-11(25)10(24)8(5-22)26-14/h6-8,10-11,14,22-25H,1-5H2/t8-,10-,11-,14-/m1/s1. The Morgan fingerprint density at radius 1 is 1.15 bits per heavy atom. The second-order valence-electron chi connectivity index (χ2n) is 6.59. The number of aromatic nitrogens is 4. The first-order chi connectivity index (χ1) is 12.5. The van der Waals surface area contributed by atoms with E-state index >= 15 is 0 Å². The van der Waals surface area contributed by atoms with Crippen LogP contribution in [0, 0.1) is 0 Å². The highest BCUT2D eigenvalue weighted by Gasteiger charge is 2.44. The number of fused-ring (bicyclic) bond motifs is 1. The highest BCUT2D eigenvalue weighted by Crippen LogP contribution is 2.34. The van der Waals surface area contributed by atoms with Gasteiger partial charge in [-0.05, 0) is 24.4 Å². The Kier molecular flexibility index (Phi) is 4.71. The van der Waals surface area contributed by atoms with Gasteiger partial charge in [0.15, 0.2) is 23.2 Å². The number of hydrogen-bond donors (Lipinski definition) is 4. The van der Waals surface area contributed by atoms with Crippen molar-refractivity contribution in [3.63, 3.8) is 0 Å². The average molecular weight is 386 g/mol. The third-order valence-corrected chi connectivity index (χ3v) is 5.10. The van der Waals surface area contributed by atoms with Gasteiger partial charge >= 0.3 is 0 Å². The summed E-state index contributed by atoms with van der Waals surface area (Å²) in [4.78, 5) is 14.8. The van der Waals surface area contributed by atoms with Crippen molar-refractivity contribution in [2.45, 2.75) is 43.5 Å². The molecule has 2 saturated heterocycles. The van der Waals surface area contributed by atoms with Crippen LogP contribution < -0.4 is 4.90 Å². The zero-order valence-electron chi connectivity index (χ0n) is 13.8. The fraction of sp³-hybridized carbons (Fsp3) is 0.667. The molecule has 2 aromatic heterocycles. The van der Waals surface area contributed by atoms with E-state index in [2.05, 4.69) is 15.0 Å². The molecule has 4 atom stereocenters. The van der Waals surface area contributed by atoms with Gasteiger partial charge in [0.2, 0.25) is 5.28 Å². The summed E-state index contributed by atoms with van der Waals surface area (Å²) in [7, 11) is 0. The molecule has 0 saturated carbocycles. The summed E-state index contributed by atoms with van der Waals surface area (Å²) in [6.45, 7) is 0.813. The van der Waals surface area contributed by atoms with Gasteiger partial charge in [-0.3, -0.25) is 4.57 Å². The summed E-state index contributed by atoms with van der Waals surface area (Å²) in [5.74, 6) is 0.553. The molecule has 11 heteroatoms. The molecule has 2 aliphatic rings. The van der Waals surface area contributed by atoms with Crippen LogP contribution in [-0.4, -0.2) is 84.1 Å². The number of piperidine rings is 1. The van der Waals surface area contributed by atoms with Crippen LogP contribution in [-0.2, 0) is 4.74 Å². The lowest BCUT2D eigenvalue weighted by molar-refractivity contribution is -0.0511. The highest BCUT2D eigenvalue weighted by molar-refractivity contribution is 6.28. The molecule has 4 heterocycles. The third kappa shape index (κ3) is 2.92. The van der Waals surface area contributed by atoms with E-state index in [0.717, 1.165) is 0 Å². The Bertz CT molecular complexity index is 796. The lowest BCUT2D eigenvalue weighted by Gasteiger charge is -2.30. The van der Waals surface area contributed by atoms with Gasteiger partial charge in [-0.2, -0.15) is 9.97 Å². The fourth-order valence-corrected chi connectivity index (χ4v) is 3.63. The maximum atomic E-state index is 10.3. The lowest BCUT2D eigenvalue weighted by atomic mass is 10.1. The molecule has 0 amide bonds. The fourth-order valence-electron chi connectivity index (χ4n) is 3.47. The Hall–Kier alpha value is -1.56. The molecule has 2 aliphatic heterocycles. The molecule has 4 rings (SSSR count). The first kappa shape index (κ1) is 17.8. The molecule has 0 aliphatic carbocycles. The Balaban J connectivity index is 1.73. The van der Waals surface area contributed by atoms with E-state index in [4.69, 9.17) is 16.3 Å². The van der Waals surface area contributed by atoms with E-state index in [-0.39, 0.29) is 11.4 Å². The topological polar surface area (TPSA) is 137 Å². The van der Waals surface area contributed by atoms with Crippen LogP contribution in [0.1, 0.15) is 19.1 Å². The molecule has 0 unspecified atom stereocenters. The number of ether oxygens (including phenoxy) is 1. The maximum Gasteiger partial charge on any atom is 0.226 e. The summed E-state index contributed by atoms with van der Waals surface area (Å²) in [6.07, 6.45) is -1.94. The SMILES string of the molecule is OC[C@H]1O[C@@H](n2cnc3c(N4CCC(O)CC4)nc(Cl)nc32)[C@H](O)[C@@H]1O. The minimum Gasteiger partial charge on any atom is -0.394 e. The Labute approximate surface area is 153 Å². The monoisotopic (exact) mass is 385 g/mol. The van der Waals surface area contributed by atoms with E-state index in [1.165, 1.54) is 10.9 Å². The van der Waals surface area contributed by atoms with Gasteiger partial charge in [-0.15, -0.1) is 0 Å². The molecule has 0 bridgehead atoms. The van der Waals surface area contributed by atoms with Crippen LogP contribution in [0.3, 0.4) is 0 Å². The number of aliphatic hydroxyl groups excluding tert-OH is 4. The predicted molar refractivity (Wildman–Crippen MR) is 90.8 cm³/mol. The molecule has 142 valence electrons. The molecular weight excluding hydrogens is 366 g/mol. The van der Waals surface area contributed by atoms with Crippen molar-refractivity contribution in [2.24, 2.45) is 0 Å². The predicted octanol–water partition coefficient (Wildman–Crippen LogP) is -0.948. The molecule has 26 heavy (non-hydrogen) atoms. The van der Waals surface area contributed by atoms with Crippen molar-refractivity contribution in [2.75, 3.05) is 24.6 Å². The number of aliphatic hydroxyl groups is 4. The van der Waals surface area contributed by atoms with Crippen LogP contribution in [0.2, 0.25) is 5.28 Å². The summed E-state index contributed by atoms with van der Waals surface area (Å²) < 4.78 is 7.03. The van der Waals surface area contributed by atoms with Crippen LogP contribution >= 0.6 is 11.6 Å². The minimum atomic E-state index is -1.24. The van der Waals surface area contributed by atoms with Crippen LogP contribution in [0.25, 0.3) is 11.2 Å². The lowest BCUT2D eigenvalue weighted by Crippen LogP contribution is -2.36. The van der Waals surface area contributed by atoms with Crippen molar-refractivity contribution >= 4 is 28.6 Å². The van der Waals surface area contributed by atoms with Crippen LogP contribution in [0.5, 0.6) is 0 Å². The molecule has 2 fully saturated rings. The second-order valence-corrected chi connectivity index (χ2v) is 6.93. The number of imidazole rings is 1. The van der Waals surface area contributed by atoms with Gasteiger partial charge in [-0.1, -0.05) is 0 Å². The van der Waals surface area contributed by atoms with E-state index < -0.39 is 31.1 Å². The first-order valence-corrected chi connectivity index (χ1v) is 8.83. The average Bonchev–Trinajstić information content (AvgIpc) is 3.16. The second kappa shape index (κ2) is 6.87. The van der Waals surface area contributed by atoms with Gasteiger partial charge in [0.1, 0.15) is 18.3 Å². The molecule has 0 radical (unpaired) electrons. The Morgan fingerprint density at radius 2 is 1.88 bits per heavy atom. The van der Waals surface area contributed by atoms with Gasteiger partial charge in [0.25, 0.3) is 0 Å². The molecule has 0 spiro atoms. The molecule has 4 N–H and O–H groups in total. The largest absolute Gasteiger partial charge is 0.394 e. The van der Waals surface area contributed by atoms with E-state index in [1.54, 1.807) is 0 Å². The van der Waals surface area contributed by atoms with Crippen molar-refractivity contribution < 1.29 is 25.2 Å². The zero-order valence-corrected chi connectivity index (χ0v) is 14.6. The zero-order chi connectivity index (χ0) is 18.4. The molecular formula is C15H20ClN5O5. The van der Waals surface area contributed by atoms with Gasteiger partial charge in [0.05, 0.1) is 19.0 Å². The van der Waals surface area contributed by atoms with E-state index in [0.29, 0.717) is 42.9 Å². The maximum absolute atomic E-state index is 10.3. The molecule has 10 nitrogen and oxygen atoms in total. The third-order valence-electron chi connectivity index (χ3n) is 4.93. The number of nitrogens with zero attached hydrogens (tertiary/aromatic N) is 5. The summed E-state index contributed by atoms with van der Waals surface area (Å²) in [5, 5.41) is 39.2. The first-order valence-electron chi connectivity index (χ1n) is 8.45. The van der Waals surface area contributed by atoms with Gasteiger partial charge < -0.3 is 30.1 Å². The quantitative estimate of drug-likeness (QED) is 0.493. The van der Waals surface area contributed by atoms with Crippen LogP contribution in [0.15, 0.2) is 6.33 Å². The van der Waals surface area contributed by atoms with Crippen molar-refractivity contribution in [1.29, 1.82) is 0 Å². The van der Waals surface area contributed by atoms with E-state index in [1.807, 2.05) is 4.90 Å². The number of anilines is 1. The number of rotatable bonds is 3. The normalized spacial score (nSPS) is 30.4. The summed E-state index contributed by atoms with van der Waals surface area (Å²) >= 11 is 6.10. The molecule has 0 aromatic carbocycles. The smallest absolute Gasteiger partial charge is 0.226 e. The number of halogens is 1. The van der Waals surface area contributed by atoms with Crippen LogP contribution in [0.4, 0.5) is 5.82 Å². The highest BCUT2D eigenvalue weighted by atomic mass is 35.5. The summed E-state index contributed by atoms with van der Waals surface area (Å²) in [6, 6.07) is 0. The van der Waals surface area contributed by atoms with Crippen molar-refractivity contribution in [1.82, 2.24) is 19.5 Å². The number of hydrogen-bond acceptors (Lipinski definition) is 9. The van der Waals surface area contributed by atoms with Gasteiger partial charge in [0, 0.05) is 13.1 Å². The Morgan fingerprint density at radius 3 is 2.54 bits per heavy atom.